The van der Waals surface area contributed by atoms with Crippen LogP contribution in [0.25, 0.3) is 0 Å². The quantitative estimate of drug-likeness (QED) is 0.249. The molecule has 0 aromatic rings. The Morgan fingerprint density at radius 2 is 1.50 bits per heavy atom. The van der Waals surface area contributed by atoms with Gasteiger partial charge in [-0.05, 0) is 0 Å². The Morgan fingerprint density at radius 1 is 1.38 bits per heavy atom. The smallest absolute Gasteiger partial charge is 0.539 e. The second-order valence-corrected chi connectivity index (χ2v) is 0.593. The molecule has 8 heavy (non-hydrogen) atoms. The van der Waals surface area contributed by atoms with Gasteiger partial charge in [0.2, 0.25) is 0 Å². The molecule has 0 amide bonds. The summed E-state index contributed by atoms with van der Waals surface area (Å²) >= 11 is 0. The molecule has 0 saturated carbocycles. The van der Waals surface area contributed by atoms with E-state index in [-0.39, 0.29) is 24.3 Å². The molecular formula is C2H3LiO5. The van der Waals surface area contributed by atoms with Crippen molar-refractivity contribution in [2.45, 2.75) is 0 Å². The van der Waals surface area contributed by atoms with E-state index < -0.39 is 11.9 Å². The van der Waals surface area contributed by atoms with E-state index in [0.717, 1.165) is 0 Å². The van der Waals surface area contributed by atoms with Crippen molar-refractivity contribution >= 4 is 11.9 Å². The Hall–Kier alpha value is -0.503. The molecule has 6 heteroatoms. The SMILES string of the molecule is O.O=C([O-])C(=O)O.[Li+]. The van der Waals surface area contributed by atoms with Crippen LogP contribution in [0.3, 0.4) is 0 Å². The second kappa shape index (κ2) is 6.50. The second-order valence-electron chi connectivity index (χ2n) is 0.593. The molecule has 0 rings (SSSR count). The summed E-state index contributed by atoms with van der Waals surface area (Å²) in [5.41, 5.74) is 0. The predicted octanol–water partition coefficient (Wildman–Crippen LogP) is -6.00. The average molecular weight is 114 g/mol. The zero-order chi connectivity index (χ0) is 5.15. The summed E-state index contributed by atoms with van der Waals surface area (Å²) in [6, 6.07) is 0. The molecule has 0 aliphatic carbocycles. The van der Waals surface area contributed by atoms with Gasteiger partial charge >= 0.3 is 24.8 Å². The number of carbonyl (C=O) groups excluding carboxylic acids is 1. The summed E-state index contributed by atoms with van der Waals surface area (Å²) < 4.78 is 0. The van der Waals surface area contributed by atoms with Crippen molar-refractivity contribution in [2.75, 3.05) is 0 Å². The number of rotatable bonds is 0. The number of hydrogen-bond acceptors (Lipinski definition) is 3. The zero-order valence-electron chi connectivity index (χ0n) is 4.17. The van der Waals surface area contributed by atoms with E-state index in [1.807, 2.05) is 0 Å². The van der Waals surface area contributed by atoms with Crippen molar-refractivity contribution < 1.29 is 44.1 Å². The van der Waals surface area contributed by atoms with E-state index in [0.29, 0.717) is 0 Å². The average Bonchev–Trinajstić information content (AvgIpc) is 1.36. The van der Waals surface area contributed by atoms with Crippen LogP contribution in [-0.2, 0) is 9.59 Å². The molecular weight excluding hydrogens is 111 g/mol. The maximum Gasteiger partial charge on any atom is 1.00 e. The minimum atomic E-state index is -2.07. The van der Waals surface area contributed by atoms with Gasteiger partial charge in [-0.2, -0.15) is 0 Å². The summed E-state index contributed by atoms with van der Waals surface area (Å²) in [6.45, 7) is 0. The number of carboxylic acids is 2. The van der Waals surface area contributed by atoms with Crippen LogP contribution in [0, 0.1) is 0 Å². The van der Waals surface area contributed by atoms with Gasteiger partial charge in [-0.3, -0.25) is 0 Å². The molecule has 0 atom stereocenters. The van der Waals surface area contributed by atoms with E-state index in [2.05, 4.69) is 0 Å². The fourth-order valence-corrected chi connectivity index (χ4v) is 0. The van der Waals surface area contributed by atoms with Crippen molar-refractivity contribution in [3.8, 4) is 0 Å². The van der Waals surface area contributed by atoms with Gasteiger partial charge in [-0.1, -0.05) is 0 Å². The molecule has 0 bridgehead atoms. The van der Waals surface area contributed by atoms with Gasteiger partial charge in [0.1, 0.15) is 0 Å². The predicted molar refractivity (Wildman–Crippen MR) is 16.3 cm³/mol. The van der Waals surface area contributed by atoms with Crippen molar-refractivity contribution in [3.05, 3.63) is 0 Å². The topological polar surface area (TPSA) is 109 Å². The molecule has 0 aromatic heterocycles. The summed E-state index contributed by atoms with van der Waals surface area (Å²) in [6.07, 6.45) is 0. The summed E-state index contributed by atoms with van der Waals surface area (Å²) in [7, 11) is 0. The molecule has 0 saturated heterocycles. The van der Waals surface area contributed by atoms with Crippen molar-refractivity contribution in [1.82, 2.24) is 0 Å². The molecule has 0 aromatic carbocycles. The first-order valence-corrected chi connectivity index (χ1v) is 1.09. The molecule has 0 aliphatic rings. The molecule has 0 aliphatic heterocycles. The third kappa shape index (κ3) is 9.09. The molecule has 3 N–H and O–H groups in total. The molecule has 42 valence electrons. The molecule has 0 spiro atoms. The van der Waals surface area contributed by atoms with E-state index in [1.54, 1.807) is 0 Å². The Bertz CT molecular complexity index is 76.4. The van der Waals surface area contributed by atoms with Gasteiger partial charge in [0.05, 0.1) is 0 Å². The molecule has 0 heterocycles. The van der Waals surface area contributed by atoms with Crippen molar-refractivity contribution in [1.29, 1.82) is 0 Å². The standard InChI is InChI=1S/C2H2O4.Li.H2O/c3-1(4)2(5)6;;/h(H,3,4)(H,5,6);;1H2/q;+1;/p-1. The van der Waals surface area contributed by atoms with Crippen LogP contribution in [0.5, 0.6) is 0 Å². The third-order valence-corrected chi connectivity index (χ3v) is 0.175. The van der Waals surface area contributed by atoms with Gasteiger partial charge in [-0.15, -0.1) is 0 Å². The van der Waals surface area contributed by atoms with Gasteiger partial charge in [-0.25, -0.2) is 4.79 Å². The monoisotopic (exact) mass is 114 g/mol. The van der Waals surface area contributed by atoms with Crippen molar-refractivity contribution in [3.63, 3.8) is 0 Å². The van der Waals surface area contributed by atoms with E-state index in [9.17, 15) is 0 Å². The number of hydrogen-bond donors (Lipinski definition) is 1. The third-order valence-electron chi connectivity index (χ3n) is 0.175. The van der Waals surface area contributed by atoms with Gasteiger partial charge in [0, 0.05) is 0 Å². The van der Waals surface area contributed by atoms with Gasteiger partial charge < -0.3 is 20.5 Å². The first-order valence-electron chi connectivity index (χ1n) is 1.09. The fourth-order valence-electron chi connectivity index (χ4n) is 0. The van der Waals surface area contributed by atoms with Crippen LogP contribution in [-0.4, -0.2) is 22.5 Å². The number of carboxylic acid groups (broad SMARTS) is 2. The zero-order valence-corrected chi connectivity index (χ0v) is 4.17. The fraction of sp³-hybridized carbons (Fsp3) is 0. The first kappa shape index (κ1) is 15.6. The Labute approximate surface area is 56.8 Å². The van der Waals surface area contributed by atoms with Crippen LogP contribution in [0.1, 0.15) is 0 Å². The van der Waals surface area contributed by atoms with Crippen LogP contribution >= 0.6 is 0 Å². The Morgan fingerprint density at radius 3 is 1.50 bits per heavy atom. The summed E-state index contributed by atoms with van der Waals surface area (Å²) in [4.78, 5) is 18.0. The number of aliphatic carboxylic acids is 2. The first-order chi connectivity index (χ1) is 2.64. The van der Waals surface area contributed by atoms with Crippen LogP contribution in [0.15, 0.2) is 0 Å². The maximum absolute atomic E-state index is 9.04. The van der Waals surface area contributed by atoms with E-state index in [1.165, 1.54) is 0 Å². The largest absolute Gasteiger partial charge is 1.00 e. The minimum Gasteiger partial charge on any atom is -0.539 e. The maximum atomic E-state index is 9.04. The van der Waals surface area contributed by atoms with E-state index >= 15 is 0 Å². The Balaban J connectivity index is -0.000000125. The summed E-state index contributed by atoms with van der Waals surface area (Å²) in [5.74, 6) is -4.01. The van der Waals surface area contributed by atoms with Crippen LogP contribution in [0.2, 0.25) is 0 Å². The summed E-state index contributed by atoms with van der Waals surface area (Å²) in [5, 5.41) is 16.3. The molecule has 0 radical (unpaired) electrons. The van der Waals surface area contributed by atoms with Gasteiger partial charge in [0.15, 0.2) is 5.97 Å². The van der Waals surface area contributed by atoms with Crippen molar-refractivity contribution in [2.24, 2.45) is 0 Å². The van der Waals surface area contributed by atoms with E-state index in [4.69, 9.17) is 19.8 Å². The van der Waals surface area contributed by atoms with Gasteiger partial charge in [0.25, 0.3) is 0 Å². The molecule has 5 nitrogen and oxygen atoms in total. The van der Waals surface area contributed by atoms with Crippen LogP contribution in [0.4, 0.5) is 0 Å². The van der Waals surface area contributed by atoms with Crippen LogP contribution < -0.4 is 24.0 Å². The molecule has 0 fully saturated rings. The molecule has 0 unspecified atom stereocenters. The normalized spacial score (nSPS) is 5.50. The number of carbonyl (C=O) groups is 2. The Kier molecular flexibility index (Phi) is 12.7. The minimum absolute atomic E-state index is 0.